The molecule has 2 aliphatic heterocycles. The summed E-state index contributed by atoms with van der Waals surface area (Å²) in [5.41, 5.74) is 2.90. The van der Waals surface area contributed by atoms with Crippen LogP contribution in [0.15, 0.2) is 30.3 Å². The van der Waals surface area contributed by atoms with Crippen molar-refractivity contribution in [2.45, 2.75) is 25.3 Å². The van der Waals surface area contributed by atoms with Gasteiger partial charge in [-0.3, -0.25) is 4.79 Å². The number of morpholine rings is 1. The molecule has 3 heterocycles. The first-order valence-electron chi connectivity index (χ1n) is 9.30. The van der Waals surface area contributed by atoms with Crippen LogP contribution >= 0.6 is 11.6 Å². The summed E-state index contributed by atoms with van der Waals surface area (Å²) >= 11 is 6.48. The minimum Gasteiger partial charge on any atom is -0.378 e. The van der Waals surface area contributed by atoms with Gasteiger partial charge in [-0.25, -0.2) is 9.97 Å². The van der Waals surface area contributed by atoms with Crippen LogP contribution in [0.3, 0.4) is 0 Å². The number of rotatable bonds is 3. The second-order valence-corrected chi connectivity index (χ2v) is 7.34. The molecule has 1 aromatic carbocycles. The first kappa shape index (κ1) is 18.2. The molecule has 1 aromatic heterocycles. The Kier molecular flexibility index (Phi) is 5.27. The zero-order valence-electron chi connectivity index (χ0n) is 15.4. The van der Waals surface area contributed by atoms with Crippen molar-refractivity contribution < 1.29 is 9.53 Å². The third-order valence-corrected chi connectivity index (χ3v) is 5.52. The number of fused-ring (bicyclic) bond motifs is 1. The predicted molar refractivity (Wildman–Crippen MR) is 104 cm³/mol. The van der Waals surface area contributed by atoms with Crippen molar-refractivity contribution in [3.63, 3.8) is 0 Å². The Morgan fingerprint density at radius 3 is 2.63 bits per heavy atom. The fraction of sp³-hybridized carbons (Fsp3) is 0.450. The molecular formula is C20H23ClN4O2. The molecule has 0 N–H and O–H groups in total. The molecule has 1 fully saturated rings. The van der Waals surface area contributed by atoms with Crippen molar-refractivity contribution in [2.24, 2.45) is 0 Å². The molecule has 2 aromatic rings. The van der Waals surface area contributed by atoms with Gasteiger partial charge >= 0.3 is 0 Å². The van der Waals surface area contributed by atoms with Gasteiger partial charge in [0.25, 0.3) is 0 Å². The van der Waals surface area contributed by atoms with E-state index in [0.29, 0.717) is 26.3 Å². The van der Waals surface area contributed by atoms with E-state index in [1.807, 2.05) is 42.2 Å². The van der Waals surface area contributed by atoms with Gasteiger partial charge in [-0.05, 0) is 12.5 Å². The van der Waals surface area contributed by atoms with Crippen LogP contribution in [0.2, 0.25) is 0 Å². The Morgan fingerprint density at radius 2 is 1.89 bits per heavy atom. The van der Waals surface area contributed by atoms with Gasteiger partial charge in [0.15, 0.2) is 0 Å². The van der Waals surface area contributed by atoms with Crippen LogP contribution in [0, 0.1) is 6.92 Å². The summed E-state index contributed by atoms with van der Waals surface area (Å²) < 4.78 is 5.47. The maximum atomic E-state index is 13.0. The zero-order valence-corrected chi connectivity index (χ0v) is 16.2. The number of halogens is 1. The van der Waals surface area contributed by atoms with E-state index < -0.39 is 5.38 Å². The van der Waals surface area contributed by atoms with Crippen LogP contribution in [0.4, 0.5) is 5.82 Å². The molecule has 0 saturated carbocycles. The predicted octanol–water partition coefficient (Wildman–Crippen LogP) is 2.49. The van der Waals surface area contributed by atoms with Crippen LogP contribution in [0.25, 0.3) is 0 Å². The summed E-state index contributed by atoms with van der Waals surface area (Å²) in [6.07, 6.45) is 0.722. The molecule has 0 radical (unpaired) electrons. The largest absolute Gasteiger partial charge is 0.378 e. The lowest BCUT2D eigenvalue weighted by atomic mass is 10.0. The number of hydrogen-bond acceptors (Lipinski definition) is 5. The Morgan fingerprint density at radius 1 is 1.15 bits per heavy atom. The molecule has 1 amide bonds. The van der Waals surface area contributed by atoms with Crippen molar-refractivity contribution in [2.75, 3.05) is 37.7 Å². The van der Waals surface area contributed by atoms with Crippen molar-refractivity contribution in [3.8, 4) is 0 Å². The molecule has 27 heavy (non-hydrogen) atoms. The smallest absolute Gasteiger partial charge is 0.245 e. The minimum atomic E-state index is -0.675. The van der Waals surface area contributed by atoms with Crippen LogP contribution < -0.4 is 4.90 Å². The van der Waals surface area contributed by atoms with E-state index in [4.69, 9.17) is 21.3 Å². The number of ether oxygens (including phenoxy) is 1. The molecule has 4 rings (SSSR count). The van der Waals surface area contributed by atoms with Gasteiger partial charge in [0.2, 0.25) is 5.91 Å². The molecule has 0 aliphatic carbocycles. The lowest BCUT2D eigenvalue weighted by molar-refractivity contribution is -0.131. The number of carbonyl (C=O) groups is 1. The van der Waals surface area contributed by atoms with Gasteiger partial charge in [-0.1, -0.05) is 30.3 Å². The molecule has 1 atom stereocenters. The average molecular weight is 387 g/mol. The minimum absolute atomic E-state index is 0.0676. The SMILES string of the molecule is Cc1nc2c(c(N3CCOCC3)n1)CN(C(=O)C(Cl)c1ccccc1)CC2. The number of aromatic nitrogens is 2. The van der Waals surface area contributed by atoms with E-state index in [2.05, 4.69) is 9.88 Å². The van der Waals surface area contributed by atoms with E-state index in [1.54, 1.807) is 0 Å². The van der Waals surface area contributed by atoms with E-state index in [9.17, 15) is 4.79 Å². The van der Waals surface area contributed by atoms with Crippen molar-refractivity contribution in [3.05, 3.63) is 53.0 Å². The Hall–Kier alpha value is -2.18. The number of benzene rings is 1. The topological polar surface area (TPSA) is 58.6 Å². The monoisotopic (exact) mass is 386 g/mol. The third-order valence-electron chi connectivity index (χ3n) is 5.08. The summed E-state index contributed by atoms with van der Waals surface area (Å²) in [7, 11) is 0. The number of amides is 1. The second-order valence-electron chi connectivity index (χ2n) is 6.90. The highest BCUT2D eigenvalue weighted by Gasteiger charge is 2.31. The highest BCUT2D eigenvalue weighted by Crippen LogP contribution is 2.30. The Bertz CT molecular complexity index is 824. The summed E-state index contributed by atoms with van der Waals surface area (Å²) in [6, 6.07) is 9.49. The zero-order chi connectivity index (χ0) is 18.8. The molecule has 142 valence electrons. The first-order chi connectivity index (χ1) is 13.1. The van der Waals surface area contributed by atoms with E-state index in [1.165, 1.54) is 0 Å². The molecular weight excluding hydrogens is 364 g/mol. The van der Waals surface area contributed by atoms with E-state index >= 15 is 0 Å². The van der Waals surface area contributed by atoms with E-state index in [0.717, 1.165) is 48.0 Å². The molecule has 1 saturated heterocycles. The summed E-state index contributed by atoms with van der Waals surface area (Å²) in [4.78, 5) is 26.4. The fourth-order valence-corrected chi connectivity index (χ4v) is 3.95. The van der Waals surface area contributed by atoms with Gasteiger partial charge in [0.1, 0.15) is 17.0 Å². The number of carbonyl (C=O) groups excluding carboxylic acids is 1. The van der Waals surface area contributed by atoms with Crippen LogP contribution in [-0.4, -0.2) is 53.6 Å². The Balaban J connectivity index is 1.59. The third kappa shape index (κ3) is 3.77. The number of aryl methyl sites for hydroxylation is 1. The van der Waals surface area contributed by atoms with Crippen LogP contribution in [0.5, 0.6) is 0 Å². The molecule has 6 nitrogen and oxygen atoms in total. The van der Waals surface area contributed by atoms with Gasteiger partial charge in [-0.15, -0.1) is 11.6 Å². The van der Waals surface area contributed by atoms with E-state index in [-0.39, 0.29) is 5.91 Å². The molecule has 2 aliphatic rings. The summed E-state index contributed by atoms with van der Waals surface area (Å²) in [5, 5.41) is -0.675. The van der Waals surface area contributed by atoms with Gasteiger partial charge in [-0.2, -0.15) is 0 Å². The van der Waals surface area contributed by atoms with Gasteiger partial charge in [0, 0.05) is 31.6 Å². The molecule has 1 unspecified atom stereocenters. The first-order valence-corrected chi connectivity index (χ1v) is 9.74. The lowest BCUT2D eigenvalue weighted by Gasteiger charge is -2.35. The number of nitrogens with zero attached hydrogens (tertiary/aromatic N) is 4. The van der Waals surface area contributed by atoms with Gasteiger partial charge in [0.05, 0.1) is 25.5 Å². The molecule has 0 bridgehead atoms. The normalized spacial score (nSPS) is 18.1. The van der Waals surface area contributed by atoms with Crippen molar-refractivity contribution in [1.29, 1.82) is 0 Å². The number of anilines is 1. The second kappa shape index (κ2) is 7.82. The fourth-order valence-electron chi connectivity index (χ4n) is 3.67. The highest BCUT2D eigenvalue weighted by molar-refractivity contribution is 6.30. The molecule has 7 heteroatoms. The van der Waals surface area contributed by atoms with Crippen LogP contribution in [0.1, 0.15) is 28.0 Å². The van der Waals surface area contributed by atoms with Crippen molar-refractivity contribution >= 4 is 23.3 Å². The maximum Gasteiger partial charge on any atom is 0.245 e. The number of hydrogen-bond donors (Lipinski definition) is 0. The highest BCUT2D eigenvalue weighted by atomic mass is 35.5. The summed E-state index contributed by atoms with van der Waals surface area (Å²) in [6.45, 7) is 6.04. The Labute approximate surface area is 164 Å². The van der Waals surface area contributed by atoms with Crippen molar-refractivity contribution in [1.82, 2.24) is 14.9 Å². The number of alkyl halides is 1. The average Bonchev–Trinajstić information content (AvgIpc) is 2.73. The standard InChI is InChI=1S/C20H23ClN4O2/c1-14-22-17-7-8-25(20(26)18(21)15-5-3-2-4-6-15)13-16(17)19(23-14)24-9-11-27-12-10-24/h2-6,18H,7-13H2,1H3. The van der Waals surface area contributed by atoms with Gasteiger partial charge < -0.3 is 14.5 Å². The maximum absolute atomic E-state index is 13.0. The van der Waals surface area contributed by atoms with Crippen LogP contribution in [-0.2, 0) is 22.5 Å². The summed E-state index contributed by atoms with van der Waals surface area (Å²) in [5.74, 6) is 1.64. The molecule has 0 spiro atoms. The lowest BCUT2D eigenvalue weighted by Crippen LogP contribution is -2.42. The quantitative estimate of drug-likeness (QED) is 0.758.